The number of hydrogen-bond donors (Lipinski definition) is 0. The molecule has 0 spiro atoms. The van der Waals surface area contributed by atoms with Crippen molar-refractivity contribution in [3.05, 3.63) is 35.9 Å². The standard InChI is InChI=1S/C13H18ClNOS/c1-12(2,3)17(16)15-9-13(14,10-15)11-7-5-4-6-8-11/h4-8H,9-10H2,1-3H3. The molecule has 1 atom stereocenters. The molecule has 0 amide bonds. The van der Waals surface area contributed by atoms with E-state index in [0.29, 0.717) is 13.1 Å². The van der Waals surface area contributed by atoms with Crippen molar-refractivity contribution in [1.29, 1.82) is 0 Å². The van der Waals surface area contributed by atoms with Gasteiger partial charge in [0.15, 0.2) is 0 Å². The summed E-state index contributed by atoms with van der Waals surface area (Å²) in [5.74, 6) is 0. The maximum Gasteiger partial charge on any atom is 0.0998 e. The first-order valence-electron chi connectivity index (χ1n) is 5.74. The second-order valence-corrected chi connectivity index (χ2v) is 8.45. The van der Waals surface area contributed by atoms with Gasteiger partial charge in [-0.05, 0) is 26.3 Å². The lowest BCUT2D eigenvalue weighted by Gasteiger charge is -2.47. The zero-order valence-corrected chi connectivity index (χ0v) is 12.0. The fraction of sp³-hybridized carbons (Fsp3) is 0.538. The van der Waals surface area contributed by atoms with Crippen LogP contribution >= 0.6 is 11.6 Å². The first kappa shape index (κ1) is 13.1. The minimum atomic E-state index is -0.967. The monoisotopic (exact) mass is 271 g/mol. The van der Waals surface area contributed by atoms with E-state index in [9.17, 15) is 4.21 Å². The molecule has 0 saturated carbocycles. The van der Waals surface area contributed by atoms with Crippen LogP contribution in [-0.4, -0.2) is 26.4 Å². The molecule has 1 fully saturated rings. The highest BCUT2D eigenvalue weighted by atomic mass is 35.5. The summed E-state index contributed by atoms with van der Waals surface area (Å²) < 4.78 is 13.9. The molecule has 1 aliphatic rings. The SMILES string of the molecule is CC(C)(C)S(=O)N1CC(Cl)(c2ccccc2)C1. The molecule has 0 radical (unpaired) electrons. The third-order valence-corrected chi connectivity index (χ3v) is 5.14. The summed E-state index contributed by atoms with van der Waals surface area (Å²) in [6.45, 7) is 7.27. The maximum absolute atomic E-state index is 12.1. The van der Waals surface area contributed by atoms with Crippen molar-refractivity contribution in [1.82, 2.24) is 4.31 Å². The van der Waals surface area contributed by atoms with Gasteiger partial charge in [0.1, 0.15) is 0 Å². The Balaban J connectivity index is 2.06. The van der Waals surface area contributed by atoms with Gasteiger partial charge in [-0.15, -0.1) is 11.6 Å². The zero-order chi connectivity index (χ0) is 12.7. The lowest BCUT2D eigenvalue weighted by atomic mass is 9.93. The highest BCUT2D eigenvalue weighted by Crippen LogP contribution is 2.40. The Kier molecular flexibility index (Phi) is 3.36. The number of nitrogens with zero attached hydrogens (tertiary/aromatic N) is 1. The molecule has 1 heterocycles. The number of alkyl halides is 1. The quantitative estimate of drug-likeness (QED) is 0.758. The first-order chi connectivity index (χ1) is 7.83. The molecule has 17 heavy (non-hydrogen) atoms. The first-order valence-corrected chi connectivity index (χ1v) is 7.23. The van der Waals surface area contributed by atoms with Crippen LogP contribution in [-0.2, 0) is 15.9 Å². The predicted molar refractivity (Wildman–Crippen MR) is 73.4 cm³/mol. The Morgan fingerprint density at radius 1 is 1.24 bits per heavy atom. The third-order valence-electron chi connectivity index (χ3n) is 2.90. The molecule has 94 valence electrons. The maximum atomic E-state index is 12.1. The fourth-order valence-corrected chi connectivity index (χ4v) is 3.94. The van der Waals surface area contributed by atoms with Gasteiger partial charge < -0.3 is 0 Å². The third kappa shape index (κ3) is 2.56. The van der Waals surface area contributed by atoms with Crippen LogP contribution < -0.4 is 0 Å². The molecule has 2 rings (SSSR count). The molecule has 2 nitrogen and oxygen atoms in total. The Morgan fingerprint density at radius 2 is 1.76 bits per heavy atom. The number of hydrogen-bond acceptors (Lipinski definition) is 1. The Labute approximate surface area is 111 Å². The van der Waals surface area contributed by atoms with Crippen molar-refractivity contribution in [2.45, 2.75) is 30.4 Å². The van der Waals surface area contributed by atoms with Crippen molar-refractivity contribution < 1.29 is 4.21 Å². The summed E-state index contributed by atoms with van der Waals surface area (Å²) >= 11 is 6.55. The van der Waals surface area contributed by atoms with Crippen LogP contribution in [0, 0.1) is 0 Å². The van der Waals surface area contributed by atoms with Crippen LogP contribution in [0.15, 0.2) is 30.3 Å². The van der Waals surface area contributed by atoms with Gasteiger partial charge in [0.05, 0.1) is 20.6 Å². The number of halogens is 1. The minimum Gasteiger partial charge on any atom is -0.242 e. The van der Waals surface area contributed by atoms with E-state index in [1.807, 2.05) is 55.4 Å². The van der Waals surface area contributed by atoms with E-state index in [1.165, 1.54) is 0 Å². The summed E-state index contributed by atoms with van der Waals surface area (Å²) in [4.78, 5) is -0.359. The van der Waals surface area contributed by atoms with Crippen LogP contribution in [0.4, 0.5) is 0 Å². The van der Waals surface area contributed by atoms with E-state index in [0.717, 1.165) is 5.56 Å². The fourth-order valence-electron chi connectivity index (χ4n) is 1.94. The van der Waals surface area contributed by atoms with Crippen LogP contribution in [0.25, 0.3) is 0 Å². The van der Waals surface area contributed by atoms with Gasteiger partial charge in [-0.2, -0.15) is 0 Å². The molecular formula is C13H18ClNOS. The Hall–Kier alpha value is -0.380. The van der Waals surface area contributed by atoms with Gasteiger partial charge in [-0.1, -0.05) is 30.3 Å². The van der Waals surface area contributed by atoms with E-state index >= 15 is 0 Å². The average Bonchev–Trinajstić information content (AvgIpc) is 2.24. The second-order valence-electron chi connectivity index (χ2n) is 5.49. The van der Waals surface area contributed by atoms with Crippen molar-refractivity contribution >= 4 is 22.6 Å². The van der Waals surface area contributed by atoms with Gasteiger partial charge in [-0.3, -0.25) is 0 Å². The number of benzene rings is 1. The van der Waals surface area contributed by atoms with Gasteiger partial charge in [0.2, 0.25) is 0 Å². The van der Waals surface area contributed by atoms with Gasteiger partial charge in [-0.25, -0.2) is 8.51 Å². The van der Waals surface area contributed by atoms with Gasteiger partial charge in [0, 0.05) is 13.1 Å². The summed E-state index contributed by atoms with van der Waals surface area (Å²) in [5.41, 5.74) is 1.11. The van der Waals surface area contributed by atoms with Crippen molar-refractivity contribution in [3.63, 3.8) is 0 Å². The number of rotatable bonds is 2. The lowest BCUT2D eigenvalue weighted by molar-refractivity contribution is 0.236. The van der Waals surface area contributed by atoms with E-state index in [1.54, 1.807) is 0 Å². The predicted octanol–water partition coefficient (Wildman–Crippen LogP) is 2.90. The molecule has 0 bridgehead atoms. The second kappa shape index (κ2) is 4.38. The van der Waals surface area contributed by atoms with Crippen molar-refractivity contribution in [2.75, 3.05) is 13.1 Å². The topological polar surface area (TPSA) is 20.3 Å². The summed E-state index contributed by atoms with van der Waals surface area (Å²) in [5, 5.41) is 0. The molecule has 1 aromatic rings. The molecule has 1 unspecified atom stereocenters. The zero-order valence-electron chi connectivity index (χ0n) is 10.4. The molecule has 0 aliphatic carbocycles. The Morgan fingerprint density at radius 3 is 2.24 bits per heavy atom. The molecule has 4 heteroatoms. The van der Waals surface area contributed by atoms with Crippen LogP contribution in [0.5, 0.6) is 0 Å². The summed E-state index contributed by atoms with van der Waals surface area (Å²) in [7, 11) is -0.967. The van der Waals surface area contributed by atoms with Crippen LogP contribution in [0.2, 0.25) is 0 Å². The van der Waals surface area contributed by atoms with Crippen molar-refractivity contribution in [3.8, 4) is 0 Å². The van der Waals surface area contributed by atoms with E-state index in [-0.39, 0.29) is 9.62 Å². The molecule has 0 aromatic heterocycles. The highest BCUT2D eigenvalue weighted by molar-refractivity contribution is 7.84. The molecular weight excluding hydrogens is 254 g/mol. The van der Waals surface area contributed by atoms with E-state index in [2.05, 4.69) is 0 Å². The molecule has 1 saturated heterocycles. The Bertz CT molecular complexity index is 421. The molecule has 0 N–H and O–H groups in total. The van der Waals surface area contributed by atoms with Crippen molar-refractivity contribution in [2.24, 2.45) is 0 Å². The van der Waals surface area contributed by atoms with E-state index < -0.39 is 11.0 Å². The van der Waals surface area contributed by atoms with Crippen LogP contribution in [0.1, 0.15) is 26.3 Å². The van der Waals surface area contributed by atoms with Gasteiger partial charge in [0.25, 0.3) is 0 Å². The summed E-state index contributed by atoms with van der Waals surface area (Å²) in [6.07, 6.45) is 0. The van der Waals surface area contributed by atoms with E-state index in [4.69, 9.17) is 11.6 Å². The summed E-state index contributed by atoms with van der Waals surface area (Å²) in [6, 6.07) is 10.0. The smallest absolute Gasteiger partial charge is 0.0998 e. The minimum absolute atomic E-state index is 0.213. The largest absolute Gasteiger partial charge is 0.242 e. The molecule has 1 aliphatic heterocycles. The van der Waals surface area contributed by atoms with Crippen LogP contribution in [0.3, 0.4) is 0 Å². The lowest BCUT2D eigenvalue weighted by Crippen LogP contribution is -2.58. The molecule has 1 aromatic carbocycles. The normalized spacial score (nSPS) is 21.9. The van der Waals surface area contributed by atoms with Gasteiger partial charge >= 0.3 is 0 Å². The average molecular weight is 272 g/mol. The highest BCUT2D eigenvalue weighted by Gasteiger charge is 2.47.